The number of hydrogen-bond acceptors (Lipinski definition) is 5. The Bertz CT molecular complexity index is 550. The summed E-state index contributed by atoms with van der Waals surface area (Å²) in [6, 6.07) is 0.597. The van der Waals surface area contributed by atoms with Crippen LogP contribution in [0.15, 0.2) is 18.6 Å². The van der Waals surface area contributed by atoms with E-state index in [4.69, 9.17) is 0 Å². The van der Waals surface area contributed by atoms with Crippen LogP contribution >= 0.6 is 0 Å². The lowest BCUT2D eigenvalue weighted by Crippen LogP contribution is -2.32. The second kappa shape index (κ2) is 6.56. The van der Waals surface area contributed by atoms with Gasteiger partial charge in [0.05, 0.1) is 6.20 Å². The number of imidazole rings is 1. The van der Waals surface area contributed by atoms with E-state index in [1.807, 2.05) is 23.8 Å². The molecule has 0 saturated heterocycles. The fraction of sp³-hybridized carbons (Fsp3) is 0.571. The van der Waals surface area contributed by atoms with Crippen LogP contribution in [0.2, 0.25) is 0 Å². The third-order valence-electron chi connectivity index (χ3n) is 3.73. The van der Waals surface area contributed by atoms with E-state index >= 15 is 0 Å². The molecular weight excluding hydrogens is 252 g/mol. The number of fused-ring (bicyclic) bond motifs is 1. The smallest absolute Gasteiger partial charge is 0.180 e. The summed E-state index contributed by atoms with van der Waals surface area (Å²) < 4.78 is 1.97. The Labute approximate surface area is 120 Å². The number of likely N-dealkylation sites (N-methyl/N-ethyl adjacent to an activating group) is 1. The van der Waals surface area contributed by atoms with Crippen molar-refractivity contribution in [2.45, 2.75) is 26.3 Å². The minimum absolute atomic E-state index is 0.597. The molecule has 0 amide bonds. The molecular formula is C14H24N6. The van der Waals surface area contributed by atoms with Gasteiger partial charge in [-0.15, -0.1) is 0 Å². The van der Waals surface area contributed by atoms with Crippen molar-refractivity contribution >= 4 is 17.3 Å². The maximum absolute atomic E-state index is 4.53. The van der Waals surface area contributed by atoms with Crippen molar-refractivity contribution in [1.29, 1.82) is 0 Å². The second-order valence-corrected chi connectivity index (χ2v) is 5.05. The second-order valence-electron chi connectivity index (χ2n) is 5.05. The summed E-state index contributed by atoms with van der Waals surface area (Å²) in [6.45, 7) is 6.28. The Morgan fingerprint density at radius 3 is 2.95 bits per heavy atom. The molecule has 1 unspecified atom stereocenters. The highest BCUT2D eigenvalue weighted by Crippen LogP contribution is 2.15. The monoisotopic (exact) mass is 276 g/mol. The summed E-state index contributed by atoms with van der Waals surface area (Å²) >= 11 is 0. The predicted octanol–water partition coefficient (Wildman–Crippen LogP) is 1.91. The van der Waals surface area contributed by atoms with Gasteiger partial charge in [0.25, 0.3) is 0 Å². The molecule has 0 fully saturated rings. The van der Waals surface area contributed by atoms with Crippen LogP contribution in [0.25, 0.3) is 5.65 Å². The van der Waals surface area contributed by atoms with Crippen molar-refractivity contribution in [3.05, 3.63) is 18.6 Å². The molecule has 110 valence electrons. The summed E-state index contributed by atoms with van der Waals surface area (Å²) in [4.78, 5) is 11.2. The molecule has 0 aliphatic carbocycles. The fourth-order valence-electron chi connectivity index (χ4n) is 2.05. The maximum atomic E-state index is 4.53. The van der Waals surface area contributed by atoms with Crippen LogP contribution in [-0.2, 0) is 0 Å². The quantitative estimate of drug-likeness (QED) is 0.809. The average molecular weight is 276 g/mol. The van der Waals surface area contributed by atoms with Crippen LogP contribution < -0.4 is 10.6 Å². The SMILES string of the molecule is CCC(C)N(C)CCNc1nc(NC)cn2ccnc12. The van der Waals surface area contributed by atoms with Crippen molar-refractivity contribution in [3.8, 4) is 0 Å². The number of hydrogen-bond donors (Lipinski definition) is 2. The van der Waals surface area contributed by atoms with Crippen molar-refractivity contribution in [2.24, 2.45) is 0 Å². The third-order valence-corrected chi connectivity index (χ3v) is 3.73. The highest BCUT2D eigenvalue weighted by molar-refractivity contribution is 5.65. The molecule has 0 aliphatic rings. The molecule has 2 aromatic rings. The summed E-state index contributed by atoms with van der Waals surface area (Å²) in [5, 5.41) is 6.45. The van der Waals surface area contributed by atoms with Gasteiger partial charge in [0.15, 0.2) is 11.5 Å². The molecule has 0 aliphatic heterocycles. The number of nitrogens with one attached hydrogen (secondary N) is 2. The molecule has 0 bridgehead atoms. The van der Waals surface area contributed by atoms with Gasteiger partial charge in [-0.05, 0) is 20.4 Å². The molecule has 0 radical (unpaired) electrons. The van der Waals surface area contributed by atoms with Gasteiger partial charge in [-0.2, -0.15) is 0 Å². The zero-order valence-corrected chi connectivity index (χ0v) is 12.7. The standard InChI is InChI=1S/C14H24N6/c1-5-11(2)19(4)8-6-16-13-14-17-7-9-20(14)10-12(15-3)18-13/h7,9-11,15H,5-6,8H2,1-4H3,(H,16,18). The van der Waals surface area contributed by atoms with Gasteiger partial charge in [-0.25, -0.2) is 9.97 Å². The maximum Gasteiger partial charge on any atom is 0.180 e. The lowest BCUT2D eigenvalue weighted by Gasteiger charge is -2.23. The minimum Gasteiger partial charge on any atom is -0.372 e. The topological polar surface area (TPSA) is 57.5 Å². The van der Waals surface area contributed by atoms with Crippen molar-refractivity contribution in [3.63, 3.8) is 0 Å². The highest BCUT2D eigenvalue weighted by Gasteiger charge is 2.09. The normalized spacial score (nSPS) is 12.8. The largest absolute Gasteiger partial charge is 0.372 e. The van der Waals surface area contributed by atoms with Crippen LogP contribution in [0, 0.1) is 0 Å². The molecule has 0 aromatic carbocycles. The van der Waals surface area contributed by atoms with Crippen molar-refractivity contribution < 1.29 is 0 Å². The summed E-state index contributed by atoms with van der Waals surface area (Å²) in [6.07, 6.45) is 6.80. The molecule has 2 heterocycles. The predicted molar refractivity (Wildman–Crippen MR) is 83.4 cm³/mol. The zero-order valence-electron chi connectivity index (χ0n) is 12.7. The molecule has 20 heavy (non-hydrogen) atoms. The van der Waals surface area contributed by atoms with E-state index < -0.39 is 0 Å². The number of anilines is 2. The first-order valence-electron chi connectivity index (χ1n) is 7.11. The van der Waals surface area contributed by atoms with E-state index in [1.54, 1.807) is 6.20 Å². The Morgan fingerprint density at radius 1 is 1.45 bits per heavy atom. The Balaban J connectivity index is 2.04. The van der Waals surface area contributed by atoms with E-state index in [0.717, 1.165) is 36.8 Å². The lowest BCUT2D eigenvalue weighted by molar-refractivity contribution is 0.261. The van der Waals surface area contributed by atoms with Gasteiger partial charge in [0.2, 0.25) is 0 Å². The third kappa shape index (κ3) is 3.19. The highest BCUT2D eigenvalue weighted by atomic mass is 15.2. The molecule has 2 aromatic heterocycles. The molecule has 6 nitrogen and oxygen atoms in total. The molecule has 2 N–H and O–H groups in total. The van der Waals surface area contributed by atoms with E-state index in [2.05, 4.69) is 46.4 Å². The Kier molecular flexibility index (Phi) is 4.79. The molecule has 0 spiro atoms. The van der Waals surface area contributed by atoms with E-state index in [-0.39, 0.29) is 0 Å². The zero-order chi connectivity index (χ0) is 14.5. The van der Waals surface area contributed by atoms with E-state index in [0.29, 0.717) is 6.04 Å². The van der Waals surface area contributed by atoms with Crippen LogP contribution in [0.3, 0.4) is 0 Å². The molecule has 1 atom stereocenters. The summed E-state index contributed by atoms with van der Waals surface area (Å²) in [5.74, 6) is 1.65. The number of nitrogens with zero attached hydrogens (tertiary/aromatic N) is 4. The average Bonchev–Trinajstić information content (AvgIpc) is 2.94. The Hall–Kier alpha value is -1.82. The first-order valence-corrected chi connectivity index (χ1v) is 7.11. The summed E-state index contributed by atoms with van der Waals surface area (Å²) in [5.41, 5.74) is 0.857. The first kappa shape index (κ1) is 14.6. The van der Waals surface area contributed by atoms with Crippen LogP contribution in [0.4, 0.5) is 11.6 Å². The van der Waals surface area contributed by atoms with Crippen LogP contribution in [0.1, 0.15) is 20.3 Å². The molecule has 2 rings (SSSR count). The fourth-order valence-corrected chi connectivity index (χ4v) is 2.05. The van der Waals surface area contributed by atoms with E-state index in [1.165, 1.54) is 0 Å². The Morgan fingerprint density at radius 2 is 2.25 bits per heavy atom. The van der Waals surface area contributed by atoms with Gasteiger partial charge in [0, 0.05) is 38.6 Å². The van der Waals surface area contributed by atoms with Gasteiger partial charge in [-0.1, -0.05) is 6.92 Å². The van der Waals surface area contributed by atoms with Crippen LogP contribution in [-0.4, -0.2) is 52.5 Å². The van der Waals surface area contributed by atoms with Gasteiger partial charge in [0.1, 0.15) is 5.82 Å². The number of aromatic nitrogens is 3. The van der Waals surface area contributed by atoms with Crippen molar-refractivity contribution in [2.75, 3.05) is 37.8 Å². The first-order chi connectivity index (χ1) is 9.65. The minimum atomic E-state index is 0.597. The van der Waals surface area contributed by atoms with Crippen LogP contribution in [0.5, 0.6) is 0 Å². The van der Waals surface area contributed by atoms with Gasteiger partial charge >= 0.3 is 0 Å². The van der Waals surface area contributed by atoms with Gasteiger partial charge in [-0.3, -0.25) is 0 Å². The summed E-state index contributed by atoms with van der Waals surface area (Å²) in [7, 11) is 4.02. The number of rotatable bonds is 7. The lowest BCUT2D eigenvalue weighted by atomic mass is 10.2. The van der Waals surface area contributed by atoms with Gasteiger partial charge < -0.3 is 19.9 Å². The van der Waals surface area contributed by atoms with E-state index in [9.17, 15) is 0 Å². The molecule has 6 heteroatoms. The van der Waals surface area contributed by atoms with Crippen molar-refractivity contribution in [1.82, 2.24) is 19.3 Å². The molecule has 0 saturated carbocycles.